The van der Waals surface area contributed by atoms with Crippen LogP contribution in [0.2, 0.25) is 0 Å². The summed E-state index contributed by atoms with van der Waals surface area (Å²) in [7, 11) is -0.789. The van der Waals surface area contributed by atoms with Crippen molar-refractivity contribution in [2.45, 2.75) is 104 Å². The molecule has 0 N–H and O–H groups in total. The van der Waals surface area contributed by atoms with Crippen molar-refractivity contribution in [2.75, 3.05) is 0 Å². The van der Waals surface area contributed by atoms with E-state index >= 15 is 0 Å². The number of hydrogen-bond acceptors (Lipinski definition) is 0. The molecule has 30 heavy (non-hydrogen) atoms. The Bertz CT molecular complexity index is 809. The molecule has 2 aromatic carbocycles. The summed E-state index contributed by atoms with van der Waals surface area (Å²) >= 11 is 0. The van der Waals surface area contributed by atoms with E-state index in [1.165, 1.54) is 11.1 Å². The van der Waals surface area contributed by atoms with Crippen molar-refractivity contribution in [1.29, 1.82) is 0 Å². The summed E-state index contributed by atoms with van der Waals surface area (Å²) < 4.78 is 0. The lowest BCUT2D eigenvalue weighted by molar-refractivity contribution is 0.711. The Kier molecular flexibility index (Phi) is 7.39. The van der Waals surface area contributed by atoms with Crippen molar-refractivity contribution < 1.29 is 0 Å². The van der Waals surface area contributed by atoms with Crippen LogP contribution >= 0.6 is 15.8 Å². The molecule has 0 aliphatic carbocycles. The Morgan fingerprint density at radius 2 is 0.900 bits per heavy atom. The lowest BCUT2D eigenvalue weighted by Gasteiger charge is -2.48. The topological polar surface area (TPSA) is 0 Å². The van der Waals surface area contributed by atoms with Crippen LogP contribution in [0.15, 0.2) is 48.5 Å². The van der Waals surface area contributed by atoms with E-state index in [1.54, 1.807) is 10.6 Å². The largest absolute Gasteiger partial charge is 0.0636 e. The first-order valence-electron chi connectivity index (χ1n) is 11.2. The summed E-state index contributed by atoms with van der Waals surface area (Å²) in [5.41, 5.74) is 2.80. The van der Waals surface area contributed by atoms with Gasteiger partial charge in [-0.15, -0.1) is 0 Å². The van der Waals surface area contributed by atoms with Crippen LogP contribution in [-0.4, -0.2) is 20.6 Å². The zero-order valence-electron chi connectivity index (χ0n) is 21.5. The van der Waals surface area contributed by atoms with Crippen molar-refractivity contribution in [2.24, 2.45) is 0 Å². The average molecular weight is 443 g/mol. The summed E-state index contributed by atoms with van der Waals surface area (Å²) in [6.07, 6.45) is 0. The van der Waals surface area contributed by atoms with Gasteiger partial charge in [-0.3, -0.25) is 0 Å². The minimum Gasteiger partial charge on any atom is -0.0636 e. The summed E-state index contributed by atoms with van der Waals surface area (Å²) in [5.74, 6) is 0. The molecule has 166 valence electrons. The predicted molar refractivity (Wildman–Crippen MR) is 144 cm³/mol. The molecule has 0 unspecified atom stereocenters. The standard InChI is InChI=1S/C28H44P2/c1-25(2,3)29(26(4,5)6)23-20-16-19-22(21-17-14-13-15-18-21)24(23)30(27(7,8)9)28(10,11)12/h13-20H,1-12H3. The van der Waals surface area contributed by atoms with Gasteiger partial charge in [0.1, 0.15) is 0 Å². The van der Waals surface area contributed by atoms with Crippen LogP contribution in [0.4, 0.5) is 0 Å². The predicted octanol–water partition coefficient (Wildman–Crippen LogP) is 8.76. The maximum Gasteiger partial charge on any atom is -0.00750 e. The minimum atomic E-state index is -0.414. The average Bonchev–Trinajstić information content (AvgIpc) is 2.52. The van der Waals surface area contributed by atoms with Crippen molar-refractivity contribution in [1.82, 2.24) is 0 Å². The van der Waals surface area contributed by atoms with E-state index in [9.17, 15) is 0 Å². The van der Waals surface area contributed by atoms with E-state index < -0.39 is 7.92 Å². The summed E-state index contributed by atoms with van der Waals surface area (Å²) in [5, 5.41) is 4.22. The van der Waals surface area contributed by atoms with Crippen LogP contribution in [0, 0.1) is 0 Å². The van der Waals surface area contributed by atoms with Gasteiger partial charge >= 0.3 is 0 Å². The van der Waals surface area contributed by atoms with Crippen LogP contribution in [0.1, 0.15) is 83.1 Å². The smallest absolute Gasteiger partial charge is 0.00750 e. The van der Waals surface area contributed by atoms with Gasteiger partial charge in [0.15, 0.2) is 0 Å². The summed E-state index contributed by atoms with van der Waals surface area (Å²) in [6.45, 7) is 29.4. The maximum absolute atomic E-state index is 2.47. The van der Waals surface area contributed by atoms with E-state index in [0.29, 0.717) is 0 Å². The molecule has 0 atom stereocenters. The molecule has 0 amide bonds. The highest BCUT2D eigenvalue weighted by Crippen LogP contribution is 2.63. The number of rotatable bonds is 3. The highest BCUT2D eigenvalue weighted by Gasteiger charge is 2.43. The highest BCUT2D eigenvalue weighted by atomic mass is 31.1. The third-order valence-electron chi connectivity index (χ3n) is 5.25. The van der Waals surface area contributed by atoms with Gasteiger partial charge < -0.3 is 0 Å². The molecule has 0 aliphatic rings. The molecule has 0 bridgehead atoms. The van der Waals surface area contributed by atoms with Gasteiger partial charge in [0.25, 0.3) is 0 Å². The third kappa shape index (κ3) is 5.75. The molecule has 0 heterocycles. The Hall–Kier alpha value is -0.700. The molecule has 0 radical (unpaired) electrons. The van der Waals surface area contributed by atoms with Gasteiger partial charge in [-0.25, -0.2) is 0 Å². The monoisotopic (exact) mass is 442 g/mol. The molecule has 0 fully saturated rings. The van der Waals surface area contributed by atoms with Crippen molar-refractivity contribution in [3.63, 3.8) is 0 Å². The van der Waals surface area contributed by atoms with Crippen molar-refractivity contribution in [3.05, 3.63) is 48.5 Å². The Morgan fingerprint density at radius 1 is 0.467 bits per heavy atom. The second kappa shape index (κ2) is 8.68. The van der Waals surface area contributed by atoms with E-state index in [2.05, 4.69) is 132 Å². The lowest BCUT2D eigenvalue weighted by Crippen LogP contribution is -2.42. The molecule has 2 aromatic rings. The molecule has 0 spiro atoms. The highest BCUT2D eigenvalue weighted by molar-refractivity contribution is 7.75. The van der Waals surface area contributed by atoms with Gasteiger partial charge in [-0.1, -0.05) is 147 Å². The first-order chi connectivity index (χ1) is 13.5. The summed E-state index contributed by atoms with van der Waals surface area (Å²) in [6, 6.07) is 18.2. The van der Waals surface area contributed by atoms with Crippen LogP contribution < -0.4 is 10.6 Å². The number of hydrogen-bond donors (Lipinski definition) is 0. The Balaban J connectivity index is 3.01. The zero-order chi connectivity index (χ0) is 23.1. The van der Waals surface area contributed by atoms with Crippen LogP contribution in [0.25, 0.3) is 11.1 Å². The Labute approximate surface area is 189 Å². The van der Waals surface area contributed by atoms with E-state index in [0.717, 1.165) is 0 Å². The van der Waals surface area contributed by atoms with Gasteiger partial charge in [-0.2, -0.15) is 0 Å². The van der Waals surface area contributed by atoms with Crippen LogP contribution in [0.5, 0.6) is 0 Å². The second-order valence-corrected chi connectivity index (χ2v) is 20.0. The second-order valence-electron chi connectivity index (χ2n) is 12.4. The minimum absolute atomic E-state index is 0.226. The Morgan fingerprint density at radius 3 is 1.30 bits per heavy atom. The van der Waals surface area contributed by atoms with Crippen LogP contribution in [-0.2, 0) is 0 Å². The van der Waals surface area contributed by atoms with E-state index in [1.807, 2.05) is 0 Å². The quantitative estimate of drug-likeness (QED) is 0.417. The zero-order valence-corrected chi connectivity index (χ0v) is 23.3. The van der Waals surface area contributed by atoms with E-state index in [4.69, 9.17) is 0 Å². The van der Waals surface area contributed by atoms with Crippen LogP contribution in [0.3, 0.4) is 0 Å². The van der Waals surface area contributed by atoms with Gasteiger partial charge in [-0.05, 0) is 42.4 Å². The molecule has 0 saturated carbocycles. The van der Waals surface area contributed by atoms with Gasteiger partial charge in [0.2, 0.25) is 0 Å². The molecule has 2 rings (SSSR count). The lowest BCUT2D eigenvalue weighted by atomic mass is 10.1. The fourth-order valence-electron chi connectivity index (χ4n) is 5.20. The molecular formula is C28H44P2. The maximum atomic E-state index is 2.47. The molecule has 2 heteroatoms. The molecular weight excluding hydrogens is 398 g/mol. The van der Waals surface area contributed by atoms with Gasteiger partial charge in [0.05, 0.1) is 0 Å². The van der Waals surface area contributed by atoms with E-state index in [-0.39, 0.29) is 28.5 Å². The number of benzene rings is 2. The first-order valence-corrected chi connectivity index (χ1v) is 13.9. The van der Waals surface area contributed by atoms with Gasteiger partial charge in [0, 0.05) is 0 Å². The molecule has 0 nitrogen and oxygen atoms in total. The first kappa shape index (κ1) is 25.6. The van der Waals surface area contributed by atoms with Crippen molar-refractivity contribution >= 4 is 26.5 Å². The third-order valence-corrected chi connectivity index (χ3v) is 12.6. The normalized spacial score (nSPS) is 13.9. The van der Waals surface area contributed by atoms with Crippen molar-refractivity contribution in [3.8, 4) is 11.1 Å². The molecule has 0 aromatic heterocycles. The fourth-order valence-corrected chi connectivity index (χ4v) is 13.9. The fraction of sp³-hybridized carbons (Fsp3) is 0.571. The summed E-state index contributed by atoms with van der Waals surface area (Å²) in [4.78, 5) is 0. The molecule has 0 aliphatic heterocycles. The SMILES string of the molecule is CC(C)(C)P(c1cccc(-c2ccccc2)c1P(C(C)(C)C)C(C)(C)C)C(C)(C)C. The molecule has 0 saturated heterocycles.